The van der Waals surface area contributed by atoms with E-state index < -0.39 is 0 Å². The number of amides is 1. The molecule has 0 saturated carbocycles. The lowest BCUT2D eigenvalue weighted by molar-refractivity contribution is -0.106. The molecule has 0 aliphatic carbocycles. The molecule has 0 aromatic heterocycles. The van der Waals surface area contributed by atoms with Crippen LogP contribution in [0.2, 0.25) is 0 Å². The Morgan fingerprint density at radius 1 is 1.09 bits per heavy atom. The van der Waals surface area contributed by atoms with Gasteiger partial charge in [-0.1, -0.05) is 36.1 Å². The average Bonchev–Trinajstić information content (AvgIpc) is 3.23. The van der Waals surface area contributed by atoms with Crippen LogP contribution in [0, 0.1) is 11.8 Å². The van der Waals surface area contributed by atoms with Crippen molar-refractivity contribution in [2.45, 2.75) is 45.0 Å². The van der Waals surface area contributed by atoms with Crippen molar-refractivity contribution in [2.24, 2.45) is 11.5 Å². The summed E-state index contributed by atoms with van der Waals surface area (Å²) in [6.07, 6.45) is 1.77. The highest BCUT2D eigenvalue weighted by Gasteiger charge is 2.19. The highest BCUT2D eigenvalue weighted by atomic mass is 16.3. The van der Waals surface area contributed by atoms with E-state index in [-0.39, 0.29) is 18.6 Å². The number of benzene rings is 2. The Morgan fingerprint density at radius 3 is 1.97 bits per heavy atom. The van der Waals surface area contributed by atoms with Crippen molar-refractivity contribution < 1.29 is 14.7 Å². The van der Waals surface area contributed by atoms with Crippen molar-refractivity contribution in [3.63, 3.8) is 0 Å². The first-order valence-corrected chi connectivity index (χ1v) is 11.0. The smallest absolute Gasteiger partial charge is 0.204 e. The van der Waals surface area contributed by atoms with Gasteiger partial charge in [0.1, 0.15) is 6.29 Å². The van der Waals surface area contributed by atoms with Crippen molar-refractivity contribution in [3.8, 4) is 11.8 Å². The fraction of sp³-hybridized carbons (Fsp3) is 0.385. The normalized spacial score (nSPS) is 16.6. The Morgan fingerprint density at radius 2 is 1.61 bits per heavy atom. The standard InChI is InChI=1S/C20H19NO2.C5H14N2.CH3NO/c22-15-19-9-5-17(6-10-19)2-1-16-3-7-18(8-4-16)13-21-12-11-20(23)14-21;1-4(6)5(2)7-3;2-1-3/h3-10,15,20,23H,11-14H2;4-5,7H,6H2,1-3H3;1H,(H2,2,3). The summed E-state index contributed by atoms with van der Waals surface area (Å²) in [5.74, 6) is 6.24. The number of likely N-dealkylation sites (tertiary alicyclic amines) is 1. The predicted molar refractivity (Wildman–Crippen MR) is 133 cm³/mol. The molecule has 178 valence electrons. The molecule has 3 atom stereocenters. The first-order valence-electron chi connectivity index (χ1n) is 11.0. The molecule has 1 aliphatic rings. The maximum Gasteiger partial charge on any atom is 0.204 e. The minimum atomic E-state index is -0.175. The van der Waals surface area contributed by atoms with E-state index in [9.17, 15) is 9.90 Å². The number of hydrogen-bond donors (Lipinski definition) is 4. The number of nitrogens with zero attached hydrogens (tertiary/aromatic N) is 1. The van der Waals surface area contributed by atoms with E-state index in [2.05, 4.69) is 46.8 Å². The second-order valence-electron chi connectivity index (χ2n) is 7.94. The van der Waals surface area contributed by atoms with Crippen LogP contribution in [-0.2, 0) is 11.3 Å². The van der Waals surface area contributed by atoms with Crippen molar-refractivity contribution in [3.05, 3.63) is 70.8 Å². The number of carbonyl (C=O) groups excluding carboxylic acids is 2. The molecular formula is C26H36N4O3. The lowest BCUT2D eigenvalue weighted by Gasteiger charge is -2.14. The van der Waals surface area contributed by atoms with Crippen LogP contribution in [-0.4, -0.2) is 61.0 Å². The van der Waals surface area contributed by atoms with E-state index in [4.69, 9.17) is 10.5 Å². The van der Waals surface area contributed by atoms with Crippen LogP contribution in [0.5, 0.6) is 0 Å². The van der Waals surface area contributed by atoms with Gasteiger partial charge in [0.25, 0.3) is 0 Å². The number of nitrogens with one attached hydrogen (secondary N) is 1. The van der Waals surface area contributed by atoms with Gasteiger partial charge < -0.3 is 21.9 Å². The summed E-state index contributed by atoms with van der Waals surface area (Å²) in [6.45, 7) is 6.64. The van der Waals surface area contributed by atoms with E-state index >= 15 is 0 Å². The third-order valence-corrected chi connectivity index (χ3v) is 5.25. The molecular weight excluding hydrogens is 416 g/mol. The number of aliphatic hydroxyl groups excluding tert-OH is 1. The number of hydrogen-bond acceptors (Lipinski definition) is 6. The molecule has 7 heteroatoms. The Labute approximate surface area is 197 Å². The number of primary amides is 1. The van der Waals surface area contributed by atoms with Gasteiger partial charge in [-0.25, -0.2) is 0 Å². The molecule has 0 bridgehead atoms. The first-order chi connectivity index (χ1) is 15.8. The molecule has 6 N–H and O–H groups in total. The molecule has 7 nitrogen and oxygen atoms in total. The minimum absolute atomic E-state index is 0.175. The first kappa shape index (κ1) is 28.0. The van der Waals surface area contributed by atoms with Gasteiger partial charge in [0, 0.05) is 48.4 Å². The van der Waals surface area contributed by atoms with Gasteiger partial charge in [-0.3, -0.25) is 14.5 Å². The van der Waals surface area contributed by atoms with Crippen molar-refractivity contribution in [1.29, 1.82) is 0 Å². The topological polar surface area (TPSA) is 122 Å². The molecule has 2 aromatic rings. The number of aldehydes is 1. The van der Waals surface area contributed by atoms with E-state index in [1.54, 1.807) is 12.1 Å². The zero-order valence-corrected chi connectivity index (χ0v) is 19.7. The summed E-state index contributed by atoms with van der Waals surface area (Å²) in [7, 11) is 1.91. The molecule has 1 amide bonds. The summed E-state index contributed by atoms with van der Waals surface area (Å²) in [4.78, 5) is 21.5. The fourth-order valence-corrected chi connectivity index (χ4v) is 2.96. The van der Waals surface area contributed by atoms with E-state index in [0.717, 1.165) is 43.5 Å². The molecule has 0 radical (unpaired) electrons. The summed E-state index contributed by atoms with van der Waals surface area (Å²) < 4.78 is 0. The van der Waals surface area contributed by atoms with E-state index in [0.29, 0.717) is 11.6 Å². The molecule has 33 heavy (non-hydrogen) atoms. The summed E-state index contributed by atoms with van der Waals surface area (Å²) in [5.41, 5.74) is 13.4. The van der Waals surface area contributed by atoms with Gasteiger partial charge in [-0.15, -0.1) is 0 Å². The molecule has 0 spiro atoms. The van der Waals surface area contributed by atoms with Crippen LogP contribution in [0.25, 0.3) is 0 Å². The van der Waals surface area contributed by atoms with Gasteiger partial charge in [0.05, 0.1) is 6.10 Å². The Kier molecular flexibility index (Phi) is 13.4. The van der Waals surface area contributed by atoms with Crippen molar-refractivity contribution in [1.82, 2.24) is 10.2 Å². The number of rotatable bonds is 5. The molecule has 1 heterocycles. The van der Waals surface area contributed by atoms with E-state index in [1.165, 1.54) is 5.56 Å². The van der Waals surface area contributed by atoms with Gasteiger partial charge in [0.2, 0.25) is 6.41 Å². The van der Waals surface area contributed by atoms with Crippen molar-refractivity contribution in [2.75, 3.05) is 20.1 Å². The predicted octanol–water partition coefficient (Wildman–Crippen LogP) is 1.51. The number of aliphatic hydroxyl groups is 1. The molecule has 1 saturated heterocycles. The number of likely N-dealkylation sites (N-methyl/N-ethyl adjacent to an activating group) is 1. The van der Waals surface area contributed by atoms with Gasteiger partial charge in [-0.05, 0) is 57.1 Å². The maximum absolute atomic E-state index is 10.6. The van der Waals surface area contributed by atoms with Crippen LogP contribution < -0.4 is 16.8 Å². The largest absolute Gasteiger partial charge is 0.392 e. The molecule has 1 fully saturated rings. The minimum Gasteiger partial charge on any atom is -0.392 e. The van der Waals surface area contributed by atoms with Crippen LogP contribution in [0.15, 0.2) is 48.5 Å². The molecule has 2 aromatic carbocycles. The highest BCUT2D eigenvalue weighted by Crippen LogP contribution is 2.14. The van der Waals surface area contributed by atoms with Crippen LogP contribution in [0.1, 0.15) is 47.3 Å². The monoisotopic (exact) mass is 452 g/mol. The van der Waals surface area contributed by atoms with E-state index in [1.807, 2.05) is 38.2 Å². The number of nitrogens with two attached hydrogens (primary N) is 2. The number of β-amino-alcohol motifs (C(OH)–C–C–N with tert-alkyl or cyclic N) is 1. The average molecular weight is 453 g/mol. The zero-order valence-electron chi connectivity index (χ0n) is 19.7. The van der Waals surface area contributed by atoms with Gasteiger partial charge >= 0.3 is 0 Å². The zero-order chi connectivity index (χ0) is 24.6. The molecule has 3 unspecified atom stereocenters. The van der Waals surface area contributed by atoms with Crippen LogP contribution in [0.3, 0.4) is 0 Å². The Bertz CT molecular complexity index is 886. The lowest BCUT2D eigenvalue weighted by Crippen LogP contribution is -2.38. The van der Waals surface area contributed by atoms with Crippen molar-refractivity contribution >= 4 is 12.7 Å². The quantitative estimate of drug-likeness (QED) is 0.403. The van der Waals surface area contributed by atoms with Crippen LogP contribution in [0.4, 0.5) is 0 Å². The third-order valence-electron chi connectivity index (χ3n) is 5.25. The Hall–Kier alpha value is -3.02. The second kappa shape index (κ2) is 15.7. The lowest BCUT2D eigenvalue weighted by atomic mass is 10.1. The fourth-order valence-electron chi connectivity index (χ4n) is 2.96. The van der Waals surface area contributed by atoms with Gasteiger partial charge in [0.15, 0.2) is 0 Å². The van der Waals surface area contributed by atoms with Crippen LogP contribution >= 0.6 is 0 Å². The highest BCUT2D eigenvalue weighted by molar-refractivity contribution is 5.74. The SMILES string of the molecule is CNC(C)C(C)N.NC=O.O=Cc1ccc(C#Cc2ccc(CN3CCC(O)C3)cc2)cc1. The maximum atomic E-state index is 10.6. The molecule has 3 rings (SSSR count). The number of carbonyl (C=O) groups is 2. The second-order valence-corrected chi connectivity index (χ2v) is 7.94. The summed E-state index contributed by atoms with van der Waals surface area (Å²) >= 11 is 0. The molecule has 1 aliphatic heterocycles. The Balaban J connectivity index is 0.000000462. The third kappa shape index (κ3) is 11.4. The summed E-state index contributed by atoms with van der Waals surface area (Å²) in [5, 5.41) is 12.6. The van der Waals surface area contributed by atoms with Gasteiger partial charge in [-0.2, -0.15) is 0 Å². The summed E-state index contributed by atoms with van der Waals surface area (Å²) in [6, 6.07) is 16.1.